The van der Waals surface area contributed by atoms with Crippen LogP contribution in [0.25, 0.3) is 0 Å². The summed E-state index contributed by atoms with van der Waals surface area (Å²) in [5, 5.41) is 32.8. The van der Waals surface area contributed by atoms with E-state index in [2.05, 4.69) is 27.2 Å². The van der Waals surface area contributed by atoms with Gasteiger partial charge in [0.25, 0.3) is 5.91 Å². The normalized spacial score (nSPS) is 21.9. The predicted octanol–water partition coefficient (Wildman–Crippen LogP) is 3.48. The molecule has 0 radical (unpaired) electrons. The van der Waals surface area contributed by atoms with E-state index in [1.165, 1.54) is 0 Å². The summed E-state index contributed by atoms with van der Waals surface area (Å²) in [4.78, 5) is 47.0. The van der Waals surface area contributed by atoms with Crippen molar-refractivity contribution in [1.82, 2.24) is 15.3 Å². The second-order valence-corrected chi connectivity index (χ2v) is 12.2. The zero-order valence-corrected chi connectivity index (χ0v) is 26.5. The highest BCUT2D eigenvalue weighted by molar-refractivity contribution is 6.19. The van der Waals surface area contributed by atoms with Gasteiger partial charge in [-0.25, -0.2) is 4.99 Å². The van der Waals surface area contributed by atoms with E-state index >= 15 is 0 Å². The Morgan fingerprint density at radius 1 is 0.909 bits per heavy atom. The lowest BCUT2D eigenvalue weighted by molar-refractivity contribution is -0.138. The van der Waals surface area contributed by atoms with Crippen LogP contribution in [0.4, 0.5) is 0 Å². The zero-order valence-electron chi connectivity index (χ0n) is 26.5. The van der Waals surface area contributed by atoms with Crippen LogP contribution in [0.15, 0.2) is 16.1 Å². The van der Waals surface area contributed by atoms with Gasteiger partial charge in [0.1, 0.15) is 6.23 Å². The summed E-state index contributed by atoms with van der Waals surface area (Å²) < 4.78 is 0. The molecule has 44 heavy (non-hydrogen) atoms. The number of allylic oxidation sites excluding steroid dienone is 1. The predicted molar refractivity (Wildman–Crippen MR) is 168 cm³/mol. The number of nitrogens with one attached hydrogen (secondary N) is 3. The van der Waals surface area contributed by atoms with Gasteiger partial charge in [0.2, 0.25) is 0 Å². The number of hydrogen-bond donors (Lipinski definition) is 7. The van der Waals surface area contributed by atoms with Crippen molar-refractivity contribution in [2.24, 2.45) is 22.6 Å². The molecule has 2 aliphatic rings. The molecule has 240 valence electrons. The zero-order chi connectivity index (χ0) is 32.3. The molecule has 11 heteroatoms. The first-order valence-electron chi connectivity index (χ1n) is 15.7. The maximum Gasteiger partial charge on any atom is 0.303 e. The van der Waals surface area contributed by atoms with Gasteiger partial charge in [-0.05, 0) is 72.8 Å². The van der Waals surface area contributed by atoms with E-state index in [0.29, 0.717) is 44.2 Å². The summed E-state index contributed by atoms with van der Waals surface area (Å²) in [7, 11) is 0. The first-order chi connectivity index (χ1) is 20.9. The van der Waals surface area contributed by atoms with Crippen LogP contribution in [-0.2, 0) is 53.0 Å². The fourth-order valence-corrected chi connectivity index (χ4v) is 7.18. The average molecular weight is 610 g/mol. The number of carbonyl (C=O) groups excluding carboxylic acids is 1. The molecule has 1 fully saturated rings. The first-order valence-corrected chi connectivity index (χ1v) is 15.7. The quantitative estimate of drug-likeness (QED) is 0.159. The molecule has 4 rings (SSSR count). The maximum absolute atomic E-state index is 12.4. The number of nitrogens with two attached hydrogens (primary N) is 1. The Balaban J connectivity index is 1.73. The van der Waals surface area contributed by atoms with Gasteiger partial charge in [0, 0.05) is 73.0 Å². The van der Waals surface area contributed by atoms with Gasteiger partial charge >= 0.3 is 11.9 Å². The van der Waals surface area contributed by atoms with Gasteiger partial charge in [-0.2, -0.15) is 0 Å². The van der Waals surface area contributed by atoms with E-state index in [1.54, 1.807) is 0 Å². The molecule has 4 atom stereocenters. The summed E-state index contributed by atoms with van der Waals surface area (Å²) in [6, 6.07) is 0.0405. The highest BCUT2D eigenvalue weighted by Crippen LogP contribution is 2.34. The van der Waals surface area contributed by atoms with Crippen molar-refractivity contribution < 1.29 is 29.7 Å². The van der Waals surface area contributed by atoms with Gasteiger partial charge in [-0.15, -0.1) is 0 Å². The number of H-pyrrole nitrogens is 2. The van der Waals surface area contributed by atoms with Crippen molar-refractivity contribution in [3.63, 3.8) is 0 Å². The molecular formula is C33H47N5O6. The third-order valence-electron chi connectivity index (χ3n) is 9.75. The Morgan fingerprint density at radius 2 is 1.52 bits per heavy atom. The minimum absolute atomic E-state index is 0.0361. The number of aliphatic carboxylic acids is 2. The lowest BCUT2D eigenvalue weighted by Crippen LogP contribution is -2.33. The molecule has 2 aliphatic heterocycles. The lowest BCUT2D eigenvalue weighted by Gasteiger charge is -2.20. The molecule has 11 nitrogen and oxygen atoms in total. The number of amides is 1. The minimum Gasteiger partial charge on any atom is -0.481 e. The number of carbonyl (C=O) groups is 3. The molecule has 2 aromatic heterocycles. The standard InChI is InChI=1S/C33H47N5O6/c1-6-19-18(5)32(43)38-26(19)13-29-23(15-34)22(9-11-31(41)42)28(36-29)14-27-21(8-10-30(39)40)17(4)24(35-27)12-25-16(3)20(7-2)33(44)37-25/h18-19,26,32,35-36,38,43H,6-15,34H2,1-5H3,(H,39,40)(H,41,42)/t18-,19-,26+,32+/m1/s1. The van der Waals surface area contributed by atoms with Crippen molar-refractivity contribution in [3.05, 3.63) is 56.2 Å². The van der Waals surface area contributed by atoms with E-state index < -0.39 is 18.2 Å². The van der Waals surface area contributed by atoms with E-state index in [0.717, 1.165) is 62.6 Å². The van der Waals surface area contributed by atoms with Crippen LogP contribution < -0.4 is 11.1 Å². The number of hydrogen-bond acceptors (Lipinski definition) is 6. The number of carboxylic acids is 2. The van der Waals surface area contributed by atoms with Crippen LogP contribution in [0.2, 0.25) is 0 Å². The Morgan fingerprint density at radius 3 is 2.09 bits per heavy atom. The van der Waals surface area contributed by atoms with Crippen molar-refractivity contribution in [2.75, 3.05) is 0 Å². The fourth-order valence-electron chi connectivity index (χ4n) is 7.18. The van der Waals surface area contributed by atoms with Gasteiger partial charge in [-0.1, -0.05) is 27.2 Å². The van der Waals surface area contributed by atoms with Gasteiger partial charge < -0.3 is 31.0 Å². The summed E-state index contributed by atoms with van der Waals surface area (Å²) in [6.07, 6.45) is 2.94. The van der Waals surface area contributed by atoms with Crippen molar-refractivity contribution in [3.8, 4) is 0 Å². The molecule has 0 spiro atoms. The molecule has 1 amide bonds. The number of rotatable bonds is 15. The Labute approximate surface area is 258 Å². The van der Waals surface area contributed by atoms with Crippen LogP contribution in [0.5, 0.6) is 0 Å². The SMILES string of the molecule is CCC1=C(C)C(Cc2[nH]c(Cc3[nH]c(C[C@@H]4N[C@@H](O)[C@H](C)[C@H]4CC)c(CN)c3CCC(=O)O)c(CCC(=O)O)c2C)=NC1=O. The van der Waals surface area contributed by atoms with E-state index in [-0.39, 0.29) is 43.2 Å². The maximum atomic E-state index is 12.4. The summed E-state index contributed by atoms with van der Waals surface area (Å²) >= 11 is 0. The summed E-state index contributed by atoms with van der Waals surface area (Å²) in [5.41, 5.74) is 15.7. The third-order valence-corrected chi connectivity index (χ3v) is 9.75. The minimum atomic E-state index is -0.899. The topological polar surface area (TPSA) is 194 Å². The van der Waals surface area contributed by atoms with Crippen LogP contribution in [0.1, 0.15) is 98.4 Å². The Bertz CT molecular complexity index is 1480. The van der Waals surface area contributed by atoms with Crippen LogP contribution >= 0.6 is 0 Å². The molecule has 8 N–H and O–H groups in total. The summed E-state index contributed by atoms with van der Waals surface area (Å²) in [5.74, 6) is -1.61. The number of aliphatic hydroxyl groups is 1. The van der Waals surface area contributed by atoms with Gasteiger partial charge in [-0.3, -0.25) is 19.7 Å². The highest BCUT2D eigenvalue weighted by Gasteiger charge is 2.38. The number of aromatic nitrogens is 2. The molecule has 0 unspecified atom stereocenters. The molecule has 0 saturated carbocycles. The second-order valence-electron chi connectivity index (χ2n) is 12.2. The van der Waals surface area contributed by atoms with E-state index in [9.17, 15) is 29.7 Å². The van der Waals surface area contributed by atoms with Gasteiger partial charge in [0.05, 0.1) is 5.71 Å². The van der Waals surface area contributed by atoms with Crippen molar-refractivity contribution in [1.29, 1.82) is 0 Å². The monoisotopic (exact) mass is 609 g/mol. The van der Waals surface area contributed by atoms with Crippen molar-refractivity contribution in [2.45, 2.75) is 111 Å². The smallest absolute Gasteiger partial charge is 0.303 e. The molecule has 1 saturated heterocycles. The van der Waals surface area contributed by atoms with E-state index in [1.807, 2.05) is 27.7 Å². The van der Waals surface area contributed by atoms with Crippen LogP contribution in [-0.4, -0.2) is 61.1 Å². The van der Waals surface area contributed by atoms with Crippen LogP contribution in [0.3, 0.4) is 0 Å². The highest BCUT2D eigenvalue weighted by atomic mass is 16.4. The number of aliphatic hydroxyl groups excluding tert-OH is 1. The van der Waals surface area contributed by atoms with Gasteiger partial charge in [0.15, 0.2) is 0 Å². The Hall–Kier alpha value is -3.54. The van der Waals surface area contributed by atoms with E-state index in [4.69, 9.17) is 5.73 Å². The largest absolute Gasteiger partial charge is 0.481 e. The fraction of sp³-hybridized carbons (Fsp3) is 0.576. The number of aliphatic imine (C=N–C) groups is 1. The molecule has 0 bridgehead atoms. The van der Waals surface area contributed by atoms with Crippen molar-refractivity contribution >= 4 is 23.6 Å². The second kappa shape index (κ2) is 14.0. The third kappa shape index (κ3) is 6.90. The Kier molecular flexibility index (Phi) is 10.6. The number of nitrogens with zero attached hydrogens (tertiary/aromatic N) is 1. The number of carboxylic acid groups (broad SMARTS) is 2. The molecule has 0 aromatic carbocycles. The average Bonchev–Trinajstić information content (AvgIpc) is 3.62. The molecule has 0 aliphatic carbocycles. The lowest BCUT2D eigenvalue weighted by atomic mass is 9.86. The van der Waals surface area contributed by atoms with Crippen LogP contribution in [0, 0.1) is 18.8 Å². The molecule has 2 aromatic rings. The number of aromatic amines is 2. The first kappa shape index (κ1) is 33.4. The molecule has 4 heterocycles. The molecular weight excluding hydrogens is 562 g/mol. The summed E-state index contributed by atoms with van der Waals surface area (Å²) in [6.45, 7) is 10.2.